The summed E-state index contributed by atoms with van der Waals surface area (Å²) in [6.07, 6.45) is 4.20. The molecule has 0 aromatic heterocycles. The average Bonchev–Trinajstić information content (AvgIpc) is 2.29. The summed E-state index contributed by atoms with van der Waals surface area (Å²) < 4.78 is 6.20. The molecule has 0 saturated carbocycles. The second kappa shape index (κ2) is 4.46. The Morgan fingerprint density at radius 3 is 2.81 bits per heavy atom. The van der Waals surface area contributed by atoms with Crippen LogP contribution in [0.2, 0.25) is 0 Å². The molecule has 0 spiro atoms. The van der Waals surface area contributed by atoms with Gasteiger partial charge in [-0.05, 0) is 18.9 Å². The summed E-state index contributed by atoms with van der Waals surface area (Å²) >= 11 is 0. The molecular formula is C14H21NO. The first kappa shape index (κ1) is 11.5. The highest BCUT2D eigenvalue weighted by atomic mass is 16.5. The Labute approximate surface area is 97.8 Å². The highest BCUT2D eigenvalue weighted by molar-refractivity contribution is 5.38. The number of fused-ring (bicyclic) bond motifs is 1. The molecular weight excluding hydrogens is 198 g/mol. The fraction of sp³-hybridized carbons (Fsp3) is 0.571. The fourth-order valence-corrected chi connectivity index (χ4v) is 2.67. The molecule has 1 heterocycles. The van der Waals surface area contributed by atoms with Crippen molar-refractivity contribution >= 4 is 0 Å². The van der Waals surface area contributed by atoms with E-state index in [0.717, 1.165) is 37.0 Å². The van der Waals surface area contributed by atoms with E-state index >= 15 is 0 Å². The number of para-hydroxylation sites is 1. The second-order valence-electron chi connectivity index (χ2n) is 4.74. The Bertz CT molecular complexity index is 364. The zero-order valence-electron chi connectivity index (χ0n) is 10.2. The number of ether oxygens (including phenoxy) is 1. The highest BCUT2D eigenvalue weighted by Gasteiger charge is 2.37. The van der Waals surface area contributed by atoms with Crippen LogP contribution < -0.4 is 10.5 Å². The molecule has 1 aliphatic heterocycles. The van der Waals surface area contributed by atoms with Crippen LogP contribution >= 0.6 is 0 Å². The van der Waals surface area contributed by atoms with Crippen molar-refractivity contribution in [3.63, 3.8) is 0 Å². The molecule has 1 aromatic carbocycles. The minimum atomic E-state index is -0.0392. The van der Waals surface area contributed by atoms with E-state index in [9.17, 15) is 0 Å². The Morgan fingerprint density at radius 2 is 2.12 bits per heavy atom. The largest absolute Gasteiger partial charge is 0.487 e. The number of rotatable bonds is 3. The van der Waals surface area contributed by atoms with Crippen molar-refractivity contribution < 1.29 is 4.74 Å². The van der Waals surface area contributed by atoms with Crippen LogP contribution in [0.15, 0.2) is 24.3 Å². The maximum atomic E-state index is 6.25. The predicted octanol–water partition coefficient (Wildman–Crippen LogP) is 3.42. The van der Waals surface area contributed by atoms with Crippen LogP contribution in [0.5, 0.6) is 5.75 Å². The lowest BCUT2D eigenvalue weighted by atomic mass is 9.83. The van der Waals surface area contributed by atoms with Gasteiger partial charge in [0.2, 0.25) is 0 Å². The lowest BCUT2D eigenvalue weighted by Crippen LogP contribution is -2.42. The van der Waals surface area contributed by atoms with Crippen LogP contribution in [0.1, 0.15) is 51.1 Å². The van der Waals surface area contributed by atoms with Crippen LogP contribution in [0.25, 0.3) is 0 Å². The monoisotopic (exact) mass is 219 g/mol. The summed E-state index contributed by atoms with van der Waals surface area (Å²) in [7, 11) is 0. The Balaban J connectivity index is 2.32. The molecule has 2 heteroatoms. The topological polar surface area (TPSA) is 35.2 Å². The van der Waals surface area contributed by atoms with Gasteiger partial charge in [0.05, 0.1) is 0 Å². The van der Waals surface area contributed by atoms with E-state index in [1.165, 1.54) is 0 Å². The van der Waals surface area contributed by atoms with Gasteiger partial charge in [-0.25, -0.2) is 0 Å². The third-order valence-electron chi connectivity index (χ3n) is 3.59. The SMILES string of the molecule is CCCC1(CC)C[C@H](N)c2ccccc2O1. The molecule has 1 unspecified atom stereocenters. The van der Waals surface area contributed by atoms with Gasteiger partial charge in [0.25, 0.3) is 0 Å². The summed E-state index contributed by atoms with van der Waals surface area (Å²) in [5.41, 5.74) is 7.36. The van der Waals surface area contributed by atoms with Crippen LogP contribution in [0, 0.1) is 0 Å². The molecule has 88 valence electrons. The van der Waals surface area contributed by atoms with Gasteiger partial charge in [0.1, 0.15) is 11.4 Å². The maximum Gasteiger partial charge on any atom is 0.124 e. The maximum absolute atomic E-state index is 6.25. The second-order valence-corrected chi connectivity index (χ2v) is 4.74. The molecule has 0 saturated heterocycles. The predicted molar refractivity (Wildman–Crippen MR) is 66.5 cm³/mol. The third-order valence-corrected chi connectivity index (χ3v) is 3.59. The molecule has 0 amide bonds. The minimum Gasteiger partial charge on any atom is -0.487 e. The molecule has 2 atom stereocenters. The molecule has 0 radical (unpaired) electrons. The van der Waals surface area contributed by atoms with Gasteiger partial charge < -0.3 is 10.5 Å². The Morgan fingerprint density at radius 1 is 1.38 bits per heavy atom. The Kier molecular flexibility index (Phi) is 3.20. The average molecular weight is 219 g/mol. The molecule has 2 N–H and O–H groups in total. The number of benzene rings is 1. The normalized spacial score (nSPS) is 28.3. The smallest absolute Gasteiger partial charge is 0.124 e. The van der Waals surface area contributed by atoms with Gasteiger partial charge in [-0.2, -0.15) is 0 Å². The van der Waals surface area contributed by atoms with E-state index in [1.54, 1.807) is 0 Å². The van der Waals surface area contributed by atoms with E-state index in [1.807, 2.05) is 18.2 Å². The van der Waals surface area contributed by atoms with E-state index in [2.05, 4.69) is 19.9 Å². The first-order valence-electron chi connectivity index (χ1n) is 6.24. The van der Waals surface area contributed by atoms with Gasteiger partial charge in [0.15, 0.2) is 0 Å². The third kappa shape index (κ3) is 1.94. The number of hydrogen-bond donors (Lipinski definition) is 1. The van der Waals surface area contributed by atoms with E-state index in [0.29, 0.717) is 0 Å². The zero-order valence-corrected chi connectivity index (χ0v) is 10.2. The standard InChI is InChI=1S/C14H21NO/c1-3-9-14(4-2)10-12(15)11-7-5-6-8-13(11)16-14/h5-8,12H,3-4,9-10,15H2,1-2H3/t12-,14?/m0/s1. The Hall–Kier alpha value is -1.02. The van der Waals surface area contributed by atoms with E-state index in [4.69, 9.17) is 10.5 Å². The summed E-state index contributed by atoms with van der Waals surface area (Å²) in [5, 5.41) is 0. The van der Waals surface area contributed by atoms with Crippen LogP contribution in [0.3, 0.4) is 0 Å². The fourth-order valence-electron chi connectivity index (χ4n) is 2.67. The van der Waals surface area contributed by atoms with Crippen molar-refractivity contribution in [1.82, 2.24) is 0 Å². The summed E-state index contributed by atoms with van der Waals surface area (Å²) in [6, 6.07) is 8.28. The molecule has 1 aliphatic rings. The molecule has 0 bridgehead atoms. The minimum absolute atomic E-state index is 0.0392. The van der Waals surface area contributed by atoms with Gasteiger partial charge >= 0.3 is 0 Å². The van der Waals surface area contributed by atoms with Crippen molar-refractivity contribution in [3.05, 3.63) is 29.8 Å². The zero-order chi connectivity index (χ0) is 11.6. The molecule has 1 aromatic rings. The highest BCUT2D eigenvalue weighted by Crippen LogP contribution is 2.41. The molecule has 16 heavy (non-hydrogen) atoms. The molecule has 0 aliphatic carbocycles. The van der Waals surface area contributed by atoms with Gasteiger partial charge in [0, 0.05) is 18.0 Å². The lowest BCUT2D eigenvalue weighted by molar-refractivity contribution is 0.0230. The van der Waals surface area contributed by atoms with Crippen LogP contribution in [0.4, 0.5) is 0 Å². The van der Waals surface area contributed by atoms with Crippen LogP contribution in [-0.2, 0) is 0 Å². The van der Waals surface area contributed by atoms with Crippen LogP contribution in [-0.4, -0.2) is 5.60 Å². The summed E-state index contributed by atoms with van der Waals surface area (Å²) in [5.74, 6) is 0.983. The van der Waals surface area contributed by atoms with Crippen molar-refractivity contribution in [2.24, 2.45) is 5.73 Å². The van der Waals surface area contributed by atoms with Gasteiger partial charge in [-0.15, -0.1) is 0 Å². The van der Waals surface area contributed by atoms with Crippen molar-refractivity contribution in [3.8, 4) is 5.75 Å². The number of hydrogen-bond acceptors (Lipinski definition) is 2. The van der Waals surface area contributed by atoms with Crippen molar-refractivity contribution in [2.75, 3.05) is 0 Å². The van der Waals surface area contributed by atoms with E-state index < -0.39 is 0 Å². The molecule has 2 rings (SSSR count). The first-order valence-corrected chi connectivity index (χ1v) is 6.24. The number of nitrogens with two attached hydrogens (primary N) is 1. The van der Waals surface area contributed by atoms with E-state index in [-0.39, 0.29) is 11.6 Å². The molecule has 0 fully saturated rings. The lowest BCUT2D eigenvalue weighted by Gasteiger charge is -2.41. The van der Waals surface area contributed by atoms with Gasteiger partial charge in [-0.3, -0.25) is 0 Å². The van der Waals surface area contributed by atoms with Crippen molar-refractivity contribution in [2.45, 2.75) is 51.2 Å². The first-order chi connectivity index (χ1) is 7.71. The van der Waals surface area contributed by atoms with Crippen molar-refractivity contribution in [1.29, 1.82) is 0 Å². The summed E-state index contributed by atoms with van der Waals surface area (Å²) in [6.45, 7) is 4.39. The van der Waals surface area contributed by atoms with Gasteiger partial charge in [-0.1, -0.05) is 38.5 Å². The molecule has 2 nitrogen and oxygen atoms in total. The summed E-state index contributed by atoms with van der Waals surface area (Å²) in [4.78, 5) is 0. The quantitative estimate of drug-likeness (QED) is 0.845.